The minimum absolute atomic E-state index is 0.0786. The van der Waals surface area contributed by atoms with E-state index < -0.39 is 0 Å². The number of fused-ring (bicyclic) bond motifs is 12. The molecule has 0 spiro atoms. The van der Waals surface area contributed by atoms with Crippen LogP contribution in [0.4, 0.5) is 0 Å². The molecule has 0 N–H and O–H groups in total. The fourth-order valence-corrected chi connectivity index (χ4v) is 7.49. The molecule has 0 aromatic carbocycles. The van der Waals surface area contributed by atoms with E-state index in [9.17, 15) is 4.79 Å². The number of carbonyl (C=O) groups is 1. The summed E-state index contributed by atoms with van der Waals surface area (Å²) in [6.07, 6.45) is 3.66. The van der Waals surface area contributed by atoms with Gasteiger partial charge in [0, 0.05) is 6.42 Å². The Hall–Kier alpha value is -0.530. The van der Waals surface area contributed by atoms with Gasteiger partial charge in [-0.25, -0.2) is 0 Å². The third-order valence-corrected chi connectivity index (χ3v) is 8.18. The molecule has 5 fully saturated rings. The summed E-state index contributed by atoms with van der Waals surface area (Å²) in [5, 5.41) is 0. The van der Waals surface area contributed by atoms with E-state index >= 15 is 0 Å². The Kier molecular flexibility index (Phi) is 1.98. The quantitative estimate of drug-likeness (QED) is 0.494. The molecular weight excluding hydrogens is 236 g/mol. The lowest BCUT2D eigenvalue weighted by Gasteiger charge is -2.47. The second-order valence-electron chi connectivity index (χ2n) is 8.21. The van der Waals surface area contributed by atoms with E-state index in [0.29, 0.717) is 5.92 Å². The zero-order valence-corrected chi connectivity index (χ0v) is 11.9. The van der Waals surface area contributed by atoms with Crippen molar-refractivity contribution < 1.29 is 9.53 Å². The first-order valence-corrected chi connectivity index (χ1v) is 8.32. The molecule has 1 aliphatic heterocycles. The van der Waals surface area contributed by atoms with E-state index in [1.165, 1.54) is 12.8 Å². The zero-order chi connectivity index (χ0) is 12.9. The van der Waals surface area contributed by atoms with Gasteiger partial charge in [0.2, 0.25) is 0 Å². The van der Waals surface area contributed by atoms with Crippen LogP contribution in [0.25, 0.3) is 0 Å². The van der Waals surface area contributed by atoms with Crippen LogP contribution in [0.15, 0.2) is 0 Å². The number of hydrogen-bond donors (Lipinski definition) is 0. The van der Waals surface area contributed by atoms with Crippen LogP contribution >= 0.6 is 0 Å². The van der Waals surface area contributed by atoms with Gasteiger partial charge < -0.3 is 4.74 Å². The predicted octanol–water partition coefficient (Wildman–Crippen LogP) is 2.97. The van der Waals surface area contributed by atoms with Gasteiger partial charge in [0.1, 0.15) is 0 Å². The van der Waals surface area contributed by atoms with Crippen molar-refractivity contribution in [2.75, 3.05) is 6.61 Å². The molecule has 0 amide bonds. The summed E-state index contributed by atoms with van der Waals surface area (Å²) in [6.45, 7) is 5.73. The van der Waals surface area contributed by atoms with Crippen LogP contribution in [0.3, 0.4) is 0 Å². The largest absolute Gasteiger partial charge is 0.465 e. The van der Waals surface area contributed by atoms with Crippen molar-refractivity contribution in [3.05, 3.63) is 0 Å². The van der Waals surface area contributed by atoms with Gasteiger partial charge >= 0.3 is 5.97 Å². The summed E-state index contributed by atoms with van der Waals surface area (Å²) in [5.74, 6) is 9.10. The minimum Gasteiger partial charge on any atom is -0.465 e. The molecule has 104 valence electrons. The Balaban J connectivity index is 1.52. The zero-order valence-electron chi connectivity index (χ0n) is 11.9. The van der Waals surface area contributed by atoms with E-state index in [1.807, 2.05) is 0 Å². The van der Waals surface area contributed by atoms with E-state index in [4.69, 9.17) is 4.74 Å². The third-order valence-electron chi connectivity index (χ3n) is 8.18. The molecular formula is C17H24O2. The first-order valence-electron chi connectivity index (χ1n) is 8.32. The van der Waals surface area contributed by atoms with E-state index in [0.717, 1.165) is 66.3 Å². The molecule has 0 aromatic heterocycles. The Bertz CT molecular complexity index is 445. The maximum absolute atomic E-state index is 11.6. The molecule has 10 atom stereocenters. The highest BCUT2D eigenvalue weighted by Crippen LogP contribution is 2.73. The second-order valence-corrected chi connectivity index (χ2v) is 8.21. The summed E-state index contributed by atoms with van der Waals surface area (Å²) in [5.41, 5.74) is 0. The Morgan fingerprint density at radius 2 is 1.42 bits per heavy atom. The third kappa shape index (κ3) is 1.14. The lowest BCUT2D eigenvalue weighted by Crippen LogP contribution is -2.46. The summed E-state index contributed by atoms with van der Waals surface area (Å²) >= 11 is 0. The van der Waals surface area contributed by atoms with E-state index in [-0.39, 0.29) is 5.97 Å². The van der Waals surface area contributed by atoms with Gasteiger partial charge in [-0.2, -0.15) is 0 Å². The summed E-state index contributed by atoms with van der Waals surface area (Å²) in [6, 6.07) is 0. The van der Waals surface area contributed by atoms with Crippen molar-refractivity contribution in [3.8, 4) is 0 Å². The molecule has 1 heterocycles. The van der Waals surface area contributed by atoms with Gasteiger partial charge in [0.15, 0.2) is 0 Å². The van der Waals surface area contributed by atoms with Crippen LogP contribution in [0, 0.1) is 59.2 Å². The van der Waals surface area contributed by atoms with Crippen molar-refractivity contribution in [1.82, 2.24) is 0 Å². The van der Waals surface area contributed by atoms with Crippen molar-refractivity contribution in [2.24, 2.45) is 59.2 Å². The molecule has 1 saturated heterocycles. The van der Waals surface area contributed by atoms with Crippen molar-refractivity contribution >= 4 is 5.97 Å². The Morgan fingerprint density at radius 3 is 2.11 bits per heavy atom. The summed E-state index contributed by atoms with van der Waals surface area (Å²) in [4.78, 5) is 11.6. The average molecular weight is 260 g/mol. The van der Waals surface area contributed by atoms with Gasteiger partial charge in [0.05, 0.1) is 6.61 Å². The fourth-order valence-electron chi connectivity index (χ4n) is 7.49. The first kappa shape index (κ1) is 11.2. The van der Waals surface area contributed by atoms with Crippen molar-refractivity contribution in [1.29, 1.82) is 0 Å². The topological polar surface area (TPSA) is 26.3 Å². The SMILES string of the molecule is CC1C(C)C2CC1C1C3CC(C4CC(=O)OCC43)C21. The van der Waals surface area contributed by atoms with Gasteiger partial charge in [0.25, 0.3) is 0 Å². The maximum atomic E-state index is 11.6. The van der Waals surface area contributed by atoms with Crippen molar-refractivity contribution in [2.45, 2.75) is 33.1 Å². The van der Waals surface area contributed by atoms with Gasteiger partial charge in [-0.05, 0) is 72.0 Å². The van der Waals surface area contributed by atoms with E-state index in [1.54, 1.807) is 0 Å². The van der Waals surface area contributed by atoms with Crippen molar-refractivity contribution in [3.63, 3.8) is 0 Å². The van der Waals surface area contributed by atoms with Crippen LogP contribution in [0.5, 0.6) is 0 Å². The summed E-state index contributed by atoms with van der Waals surface area (Å²) < 4.78 is 5.38. The molecule has 19 heavy (non-hydrogen) atoms. The lowest BCUT2D eigenvalue weighted by atomic mass is 9.58. The van der Waals surface area contributed by atoms with Crippen LogP contribution in [0.1, 0.15) is 33.1 Å². The molecule has 5 aliphatic rings. The monoisotopic (exact) mass is 260 g/mol. The number of carbonyl (C=O) groups excluding carboxylic acids is 1. The molecule has 2 heteroatoms. The number of hydrogen-bond acceptors (Lipinski definition) is 2. The highest BCUT2D eigenvalue weighted by molar-refractivity contribution is 5.70. The molecule has 0 aromatic rings. The molecule has 0 radical (unpaired) electrons. The maximum Gasteiger partial charge on any atom is 0.306 e. The molecule has 4 bridgehead atoms. The number of cyclic esters (lactones) is 1. The second kappa shape index (κ2) is 3.38. The fraction of sp³-hybridized carbons (Fsp3) is 0.941. The average Bonchev–Trinajstić information content (AvgIpc) is 3.08. The lowest BCUT2D eigenvalue weighted by molar-refractivity contribution is -0.158. The van der Waals surface area contributed by atoms with Crippen LogP contribution in [-0.4, -0.2) is 12.6 Å². The molecule has 5 rings (SSSR count). The highest BCUT2D eigenvalue weighted by atomic mass is 16.5. The first-order chi connectivity index (χ1) is 9.16. The van der Waals surface area contributed by atoms with E-state index in [2.05, 4.69) is 13.8 Å². The smallest absolute Gasteiger partial charge is 0.306 e. The van der Waals surface area contributed by atoms with Gasteiger partial charge in [-0.15, -0.1) is 0 Å². The number of rotatable bonds is 0. The van der Waals surface area contributed by atoms with Crippen LogP contribution < -0.4 is 0 Å². The van der Waals surface area contributed by atoms with Crippen LogP contribution in [-0.2, 0) is 9.53 Å². The molecule has 10 unspecified atom stereocenters. The summed E-state index contributed by atoms with van der Waals surface area (Å²) in [7, 11) is 0. The Labute approximate surface area is 115 Å². The minimum atomic E-state index is 0.0786. The predicted molar refractivity (Wildman–Crippen MR) is 71.1 cm³/mol. The molecule has 4 saturated carbocycles. The van der Waals surface area contributed by atoms with Gasteiger partial charge in [-0.3, -0.25) is 4.79 Å². The van der Waals surface area contributed by atoms with Gasteiger partial charge in [-0.1, -0.05) is 13.8 Å². The molecule has 2 nitrogen and oxygen atoms in total. The molecule has 4 aliphatic carbocycles. The number of ether oxygens (including phenoxy) is 1. The normalized spacial score (nSPS) is 65.1. The number of esters is 1. The standard InChI is InChI=1S/C17H24O2/c1-7-8(2)10-3-9(7)16-12-4-13(17(10)16)14-6-19-15(18)5-11(12)14/h7-14,16-17H,3-6H2,1-2H3. The van der Waals surface area contributed by atoms with Crippen LogP contribution in [0.2, 0.25) is 0 Å². The highest BCUT2D eigenvalue weighted by Gasteiger charge is 2.68. The Morgan fingerprint density at radius 1 is 0.842 bits per heavy atom.